The molecule has 0 saturated heterocycles. The Kier molecular flexibility index (Phi) is 4.55. The average molecular weight is 281 g/mol. The summed E-state index contributed by atoms with van der Waals surface area (Å²) in [5.74, 6) is 0.263. The van der Waals surface area contributed by atoms with Gasteiger partial charge in [-0.25, -0.2) is 4.98 Å². The van der Waals surface area contributed by atoms with Crippen LogP contribution >= 0.6 is 11.3 Å². The van der Waals surface area contributed by atoms with E-state index in [9.17, 15) is 4.79 Å². The van der Waals surface area contributed by atoms with Crippen LogP contribution in [0.2, 0.25) is 0 Å². The Morgan fingerprint density at radius 3 is 3.00 bits per heavy atom. The minimum Gasteiger partial charge on any atom is -0.396 e. The highest BCUT2D eigenvalue weighted by Crippen LogP contribution is 2.12. The highest BCUT2D eigenvalue weighted by Gasteiger charge is 2.16. The lowest BCUT2D eigenvalue weighted by molar-refractivity contribution is -0.121. The quantitative estimate of drug-likeness (QED) is 0.842. The number of aliphatic hydroxyl groups is 1. The van der Waals surface area contributed by atoms with Crippen LogP contribution in [0.15, 0.2) is 17.8 Å². The Morgan fingerprint density at radius 1 is 1.58 bits per heavy atom. The normalized spacial score (nSPS) is 13.1. The third kappa shape index (κ3) is 3.54. The lowest BCUT2D eigenvalue weighted by atomic mass is 10.0. The summed E-state index contributed by atoms with van der Waals surface area (Å²) in [4.78, 5) is 17.2. The monoisotopic (exact) mass is 281 g/mol. The fourth-order valence-electron chi connectivity index (χ4n) is 1.99. The van der Waals surface area contributed by atoms with E-state index < -0.39 is 0 Å². The third-order valence-electron chi connectivity index (χ3n) is 3.08. The van der Waals surface area contributed by atoms with Gasteiger partial charge in [0.25, 0.3) is 0 Å². The largest absolute Gasteiger partial charge is 0.396 e. The number of rotatable bonds is 6. The Bertz CT molecular complexity index is 518. The fourth-order valence-corrected chi connectivity index (χ4v) is 2.71. The molecule has 2 aromatic heterocycles. The van der Waals surface area contributed by atoms with Crippen LogP contribution in [0, 0.1) is 5.92 Å². The molecule has 0 spiro atoms. The van der Waals surface area contributed by atoms with Gasteiger partial charge in [-0.15, -0.1) is 11.3 Å². The van der Waals surface area contributed by atoms with Crippen LogP contribution in [0.3, 0.4) is 0 Å². The minimum absolute atomic E-state index is 0.0150. The van der Waals surface area contributed by atoms with Gasteiger partial charge in [0, 0.05) is 30.4 Å². The Morgan fingerprint density at radius 2 is 2.37 bits per heavy atom. The van der Waals surface area contributed by atoms with Crippen molar-refractivity contribution in [2.75, 3.05) is 6.61 Å². The molecule has 5 nitrogen and oxygen atoms in total. The van der Waals surface area contributed by atoms with E-state index in [-0.39, 0.29) is 25.0 Å². The van der Waals surface area contributed by atoms with E-state index in [0.29, 0.717) is 12.3 Å². The Labute approximate surface area is 116 Å². The van der Waals surface area contributed by atoms with Gasteiger partial charge in [-0.1, -0.05) is 13.8 Å². The predicted octanol–water partition coefficient (Wildman–Crippen LogP) is 1.46. The molecular formula is C13H19N3O2S. The van der Waals surface area contributed by atoms with Crippen LogP contribution in [0.25, 0.3) is 4.96 Å². The zero-order valence-corrected chi connectivity index (χ0v) is 12.0. The molecule has 104 valence electrons. The number of amides is 1. The number of thiazole rings is 1. The number of fused-ring (bicyclic) bond motifs is 1. The van der Waals surface area contributed by atoms with Gasteiger partial charge >= 0.3 is 0 Å². The summed E-state index contributed by atoms with van der Waals surface area (Å²) in [5, 5.41) is 13.9. The molecule has 19 heavy (non-hydrogen) atoms. The van der Waals surface area contributed by atoms with Gasteiger partial charge in [0.15, 0.2) is 4.96 Å². The van der Waals surface area contributed by atoms with Gasteiger partial charge in [0.05, 0.1) is 12.1 Å². The van der Waals surface area contributed by atoms with Gasteiger partial charge in [-0.05, 0) is 12.3 Å². The Hall–Kier alpha value is -1.40. The number of nitrogens with one attached hydrogen (secondary N) is 1. The van der Waals surface area contributed by atoms with Crippen molar-refractivity contribution in [3.8, 4) is 0 Å². The highest BCUT2D eigenvalue weighted by molar-refractivity contribution is 7.15. The molecule has 0 saturated carbocycles. The van der Waals surface area contributed by atoms with E-state index in [1.54, 1.807) is 11.3 Å². The molecule has 0 fully saturated rings. The van der Waals surface area contributed by atoms with Crippen LogP contribution in [0.4, 0.5) is 0 Å². The first-order chi connectivity index (χ1) is 9.10. The lowest BCUT2D eigenvalue weighted by Crippen LogP contribution is -2.40. The molecule has 0 aliphatic heterocycles. The van der Waals surface area contributed by atoms with Crippen molar-refractivity contribution in [1.82, 2.24) is 14.7 Å². The van der Waals surface area contributed by atoms with Crippen molar-refractivity contribution >= 4 is 22.2 Å². The molecule has 1 amide bonds. The van der Waals surface area contributed by atoms with Crippen LogP contribution in [0.1, 0.15) is 26.0 Å². The summed E-state index contributed by atoms with van der Waals surface area (Å²) >= 11 is 1.55. The number of carbonyl (C=O) groups excluding carboxylic acids is 1. The first kappa shape index (κ1) is 14.0. The maximum Gasteiger partial charge on any atom is 0.226 e. The van der Waals surface area contributed by atoms with Crippen molar-refractivity contribution in [3.63, 3.8) is 0 Å². The van der Waals surface area contributed by atoms with Crippen molar-refractivity contribution in [2.24, 2.45) is 5.92 Å². The molecule has 2 N–H and O–H groups in total. The topological polar surface area (TPSA) is 66.6 Å². The molecule has 2 aromatic rings. The van der Waals surface area contributed by atoms with Crippen molar-refractivity contribution < 1.29 is 9.90 Å². The molecule has 1 unspecified atom stereocenters. The second-order valence-corrected chi connectivity index (χ2v) is 5.81. The standard InChI is InChI=1S/C13H19N3O2S/c1-9(2)11(3-5-17)15-12(18)7-10-8-16-4-6-19-13(16)14-10/h4,6,8-9,11,17H,3,5,7H2,1-2H3,(H,15,18). The number of aromatic nitrogens is 2. The van der Waals surface area contributed by atoms with E-state index >= 15 is 0 Å². The number of imidazole rings is 1. The van der Waals surface area contributed by atoms with Gasteiger partial charge in [0.2, 0.25) is 5.91 Å². The molecule has 0 radical (unpaired) electrons. The van der Waals surface area contributed by atoms with Crippen LogP contribution in [-0.4, -0.2) is 33.0 Å². The summed E-state index contributed by atoms with van der Waals surface area (Å²) in [6.07, 6.45) is 4.67. The second kappa shape index (κ2) is 6.16. The van der Waals surface area contributed by atoms with E-state index in [0.717, 1.165) is 10.7 Å². The van der Waals surface area contributed by atoms with Crippen molar-refractivity contribution in [3.05, 3.63) is 23.5 Å². The fraction of sp³-hybridized carbons (Fsp3) is 0.538. The van der Waals surface area contributed by atoms with E-state index in [4.69, 9.17) is 5.11 Å². The summed E-state index contributed by atoms with van der Waals surface area (Å²) in [6, 6.07) is 0.0150. The maximum absolute atomic E-state index is 12.0. The highest BCUT2D eigenvalue weighted by atomic mass is 32.1. The smallest absolute Gasteiger partial charge is 0.226 e. The summed E-state index contributed by atoms with van der Waals surface area (Å²) < 4.78 is 1.92. The minimum atomic E-state index is -0.0436. The molecule has 0 aromatic carbocycles. The molecule has 1 atom stereocenters. The molecule has 0 aliphatic carbocycles. The van der Waals surface area contributed by atoms with Crippen molar-refractivity contribution in [2.45, 2.75) is 32.7 Å². The summed E-state index contributed by atoms with van der Waals surface area (Å²) in [5.41, 5.74) is 0.774. The van der Waals surface area contributed by atoms with E-state index in [1.807, 2.05) is 36.0 Å². The molecule has 0 aliphatic rings. The van der Waals surface area contributed by atoms with Gasteiger partial charge < -0.3 is 10.4 Å². The van der Waals surface area contributed by atoms with Gasteiger partial charge in [-0.3, -0.25) is 9.20 Å². The third-order valence-corrected chi connectivity index (χ3v) is 3.85. The first-order valence-electron chi connectivity index (χ1n) is 6.41. The van der Waals surface area contributed by atoms with Gasteiger partial charge in [-0.2, -0.15) is 0 Å². The molecule has 2 rings (SSSR count). The Balaban J connectivity index is 1.94. The second-order valence-electron chi connectivity index (χ2n) is 4.93. The van der Waals surface area contributed by atoms with E-state index in [2.05, 4.69) is 10.3 Å². The molecular weight excluding hydrogens is 262 g/mol. The predicted molar refractivity (Wildman–Crippen MR) is 75.2 cm³/mol. The average Bonchev–Trinajstić information content (AvgIpc) is 2.88. The SMILES string of the molecule is CC(C)C(CCO)NC(=O)Cc1cn2ccsc2n1. The summed E-state index contributed by atoms with van der Waals surface area (Å²) in [7, 11) is 0. The van der Waals surface area contributed by atoms with E-state index in [1.165, 1.54) is 0 Å². The van der Waals surface area contributed by atoms with Crippen LogP contribution in [0.5, 0.6) is 0 Å². The molecule has 0 bridgehead atoms. The molecule has 2 heterocycles. The number of hydrogen-bond acceptors (Lipinski definition) is 4. The first-order valence-corrected chi connectivity index (χ1v) is 7.29. The van der Waals surface area contributed by atoms with Crippen LogP contribution in [-0.2, 0) is 11.2 Å². The number of aliphatic hydroxyl groups excluding tert-OH is 1. The number of nitrogens with zero attached hydrogens (tertiary/aromatic N) is 2. The molecule has 6 heteroatoms. The van der Waals surface area contributed by atoms with Crippen molar-refractivity contribution in [1.29, 1.82) is 0 Å². The summed E-state index contributed by atoms with van der Waals surface area (Å²) in [6.45, 7) is 4.16. The number of carbonyl (C=O) groups is 1. The zero-order chi connectivity index (χ0) is 13.8. The number of hydrogen-bond donors (Lipinski definition) is 2. The zero-order valence-electron chi connectivity index (χ0n) is 11.2. The maximum atomic E-state index is 12.0. The van der Waals surface area contributed by atoms with Gasteiger partial charge in [0.1, 0.15) is 0 Å². The lowest BCUT2D eigenvalue weighted by Gasteiger charge is -2.21. The van der Waals surface area contributed by atoms with Crippen LogP contribution < -0.4 is 5.32 Å².